The van der Waals surface area contributed by atoms with Gasteiger partial charge in [-0.15, -0.1) is 0 Å². The van der Waals surface area contributed by atoms with Gasteiger partial charge < -0.3 is 10.6 Å². The Bertz CT molecular complexity index is 1010. The van der Waals surface area contributed by atoms with Crippen LogP contribution in [0.25, 0.3) is 16.7 Å². The number of carbonyl (C=O) groups is 1. The Morgan fingerprint density at radius 3 is 2.59 bits per heavy atom. The second-order valence-corrected chi connectivity index (χ2v) is 7.70. The maximum Gasteiger partial charge on any atom is 0.220 e. The van der Waals surface area contributed by atoms with Crippen LogP contribution in [0.15, 0.2) is 24.3 Å². The Morgan fingerprint density at radius 1 is 1.14 bits per heavy atom. The van der Waals surface area contributed by atoms with E-state index in [1.165, 1.54) is 0 Å². The first-order chi connectivity index (χ1) is 13.9. The SMILES string of the molecule is CCc1nc(NCCNC(=O)CC(C)C)c2c(C)nn(-c3ccccc3C)c2n1. The fraction of sp³-hybridized carbons (Fsp3) is 0.455. The first-order valence-electron chi connectivity index (χ1n) is 10.2. The molecule has 0 aliphatic heterocycles. The topological polar surface area (TPSA) is 84.7 Å². The summed E-state index contributed by atoms with van der Waals surface area (Å²) in [5.74, 6) is 1.96. The van der Waals surface area contributed by atoms with E-state index < -0.39 is 0 Å². The number of fused-ring (bicyclic) bond motifs is 1. The van der Waals surface area contributed by atoms with Crippen LogP contribution in [0.1, 0.15) is 44.3 Å². The van der Waals surface area contributed by atoms with E-state index in [1.807, 2.05) is 50.6 Å². The molecule has 0 fully saturated rings. The molecule has 7 nitrogen and oxygen atoms in total. The fourth-order valence-corrected chi connectivity index (χ4v) is 3.31. The lowest BCUT2D eigenvalue weighted by atomic mass is 10.1. The van der Waals surface area contributed by atoms with Gasteiger partial charge in [-0.2, -0.15) is 5.10 Å². The molecule has 0 radical (unpaired) electrons. The van der Waals surface area contributed by atoms with Crippen molar-refractivity contribution in [3.05, 3.63) is 41.3 Å². The molecule has 2 heterocycles. The van der Waals surface area contributed by atoms with Crippen molar-refractivity contribution in [1.82, 2.24) is 25.1 Å². The van der Waals surface area contributed by atoms with Crippen LogP contribution in [0.5, 0.6) is 0 Å². The van der Waals surface area contributed by atoms with Gasteiger partial charge in [-0.25, -0.2) is 14.6 Å². The number of nitrogens with one attached hydrogen (secondary N) is 2. The second-order valence-electron chi connectivity index (χ2n) is 7.70. The Morgan fingerprint density at radius 2 is 1.90 bits per heavy atom. The van der Waals surface area contributed by atoms with E-state index in [-0.39, 0.29) is 5.91 Å². The van der Waals surface area contributed by atoms with Crippen molar-refractivity contribution in [3.8, 4) is 5.69 Å². The monoisotopic (exact) mass is 394 g/mol. The van der Waals surface area contributed by atoms with Crippen LogP contribution in [0, 0.1) is 19.8 Å². The van der Waals surface area contributed by atoms with Crippen molar-refractivity contribution < 1.29 is 4.79 Å². The van der Waals surface area contributed by atoms with E-state index in [4.69, 9.17) is 10.1 Å². The molecule has 0 atom stereocenters. The van der Waals surface area contributed by atoms with E-state index in [1.54, 1.807) is 0 Å². The summed E-state index contributed by atoms with van der Waals surface area (Å²) < 4.78 is 1.90. The number of anilines is 1. The summed E-state index contributed by atoms with van der Waals surface area (Å²) in [5.41, 5.74) is 3.82. The Labute approximate surface area is 171 Å². The van der Waals surface area contributed by atoms with Gasteiger partial charge in [-0.1, -0.05) is 39.0 Å². The van der Waals surface area contributed by atoms with E-state index >= 15 is 0 Å². The van der Waals surface area contributed by atoms with Gasteiger partial charge in [-0.3, -0.25) is 4.79 Å². The molecule has 3 rings (SSSR count). The third-order valence-corrected chi connectivity index (χ3v) is 4.74. The Balaban J connectivity index is 1.88. The van der Waals surface area contributed by atoms with E-state index in [0.717, 1.165) is 46.0 Å². The normalized spacial score (nSPS) is 11.2. The third-order valence-electron chi connectivity index (χ3n) is 4.74. The molecule has 154 valence electrons. The zero-order chi connectivity index (χ0) is 21.0. The molecule has 0 aliphatic carbocycles. The molecule has 29 heavy (non-hydrogen) atoms. The van der Waals surface area contributed by atoms with Gasteiger partial charge in [-0.05, 0) is 31.4 Å². The molecule has 0 spiro atoms. The van der Waals surface area contributed by atoms with Crippen LogP contribution in [-0.4, -0.2) is 38.7 Å². The number of para-hydroxylation sites is 1. The highest BCUT2D eigenvalue weighted by Crippen LogP contribution is 2.27. The lowest BCUT2D eigenvalue weighted by Gasteiger charge is -2.11. The molecular formula is C22H30N6O. The number of amides is 1. The van der Waals surface area contributed by atoms with Gasteiger partial charge in [0.05, 0.1) is 16.8 Å². The van der Waals surface area contributed by atoms with Crippen molar-refractivity contribution in [1.29, 1.82) is 0 Å². The summed E-state index contributed by atoms with van der Waals surface area (Å²) in [6.07, 6.45) is 1.27. The molecule has 3 aromatic rings. The molecule has 7 heteroatoms. The smallest absolute Gasteiger partial charge is 0.220 e. The number of aromatic nitrogens is 4. The lowest BCUT2D eigenvalue weighted by molar-refractivity contribution is -0.121. The van der Waals surface area contributed by atoms with E-state index in [2.05, 4.69) is 28.6 Å². The number of nitrogens with zero attached hydrogens (tertiary/aromatic N) is 4. The molecule has 2 aromatic heterocycles. The summed E-state index contributed by atoms with van der Waals surface area (Å²) in [5, 5.41) is 12.0. The van der Waals surface area contributed by atoms with Crippen molar-refractivity contribution in [2.24, 2.45) is 5.92 Å². The minimum atomic E-state index is 0.0763. The molecule has 0 bridgehead atoms. The van der Waals surface area contributed by atoms with Crippen LogP contribution >= 0.6 is 0 Å². The number of rotatable bonds is 8. The van der Waals surface area contributed by atoms with E-state index in [0.29, 0.717) is 25.4 Å². The molecule has 0 saturated heterocycles. The first kappa shape index (κ1) is 20.8. The molecule has 0 saturated carbocycles. The van der Waals surface area contributed by atoms with Crippen molar-refractivity contribution in [2.45, 2.75) is 47.5 Å². The van der Waals surface area contributed by atoms with E-state index in [9.17, 15) is 4.79 Å². The largest absolute Gasteiger partial charge is 0.368 e. The lowest BCUT2D eigenvalue weighted by Crippen LogP contribution is -2.29. The van der Waals surface area contributed by atoms with Gasteiger partial charge in [0, 0.05) is 25.9 Å². The minimum Gasteiger partial charge on any atom is -0.368 e. The van der Waals surface area contributed by atoms with Gasteiger partial charge >= 0.3 is 0 Å². The van der Waals surface area contributed by atoms with Crippen LogP contribution in [0.4, 0.5) is 5.82 Å². The molecule has 2 N–H and O–H groups in total. The summed E-state index contributed by atoms with van der Waals surface area (Å²) in [6, 6.07) is 8.14. The fourth-order valence-electron chi connectivity index (χ4n) is 3.31. The average molecular weight is 395 g/mol. The summed E-state index contributed by atoms with van der Waals surface area (Å²) in [4.78, 5) is 21.3. The first-order valence-corrected chi connectivity index (χ1v) is 10.2. The quantitative estimate of drug-likeness (QED) is 0.571. The van der Waals surface area contributed by atoms with Crippen molar-refractivity contribution >= 4 is 22.8 Å². The van der Waals surface area contributed by atoms with Crippen molar-refractivity contribution in [2.75, 3.05) is 18.4 Å². The number of hydrogen-bond donors (Lipinski definition) is 2. The number of aryl methyl sites for hydroxylation is 3. The number of carbonyl (C=O) groups excluding carboxylic acids is 1. The maximum atomic E-state index is 11.8. The molecule has 1 aromatic carbocycles. The van der Waals surface area contributed by atoms with Gasteiger partial charge in [0.2, 0.25) is 5.91 Å². The summed E-state index contributed by atoms with van der Waals surface area (Å²) in [6.45, 7) is 11.3. The van der Waals surface area contributed by atoms with Crippen LogP contribution in [-0.2, 0) is 11.2 Å². The number of hydrogen-bond acceptors (Lipinski definition) is 5. The highest BCUT2D eigenvalue weighted by atomic mass is 16.1. The molecule has 0 unspecified atom stereocenters. The highest BCUT2D eigenvalue weighted by molar-refractivity contribution is 5.90. The highest BCUT2D eigenvalue weighted by Gasteiger charge is 2.18. The molecular weight excluding hydrogens is 364 g/mol. The minimum absolute atomic E-state index is 0.0763. The van der Waals surface area contributed by atoms with Gasteiger partial charge in [0.15, 0.2) is 5.65 Å². The molecule has 1 amide bonds. The van der Waals surface area contributed by atoms with Crippen molar-refractivity contribution in [3.63, 3.8) is 0 Å². The predicted molar refractivity (Wildman–Crippen MR) is 116 cm³/mol. The van der Waals surface area contributed by atoms with Gasteiger partial charge in [0.1, 0.15) is 11.6 Å². The zero-order valence-electron chi connectivity index (χ0n) is 17.9. The maximum absolute atomic E-state index is 11.8. The standard InChI is InChI=1S/C22H30N6O/c1-6-18-25-21(24-12-11-23-19(29)13-14(2)3)20-16(5)27-28(22(20)26-18)17-10-8-7-9-15(17)4/h7-10,14H,6,11-13H2,1-5H3,(H,23,29)(H,24,25,26). The summed E-state index contributed by atoms with van der Waals surface area (Å²) >= 11 is 0. The van der Waals surface area contributed by atoms with Crippen LogP contribution in [0.3, 0.4) is 0 Å². The molecule has 0 aliphatic rings. The predicted octanol–water partition coefficient (Wildman–Crippen LogP) is 3.57. The van der Waals surface area contributed by atoms with Crippen LogP contribution in [0.2, 0.25) is 0 Å². The summed E-state index contributed by atoms with van der Waals surface area (Å²) in [7, 11) is 0. The second kappa shape index (κ2) is 9.03. The third kappa shape index (κ3) is 4.72. The Hall–Kier alpha value is -2.96. The average Bonchev–Trinajstić information content (AvgIpc) is 3.01. The van der Waals surface area contributed by atoms with Crippen LogP contribution < -0.4 is 10.6 Å². The Kier molecular flexibility index (Phi) is 6.46. The van der Waals surface area contributed by atoms with Gasteiger partial charge in [0.25, 0.3) is 0 Å². The number of benzene rings is 1. The zero-order valence-corrected chi connectivity index (χ0v) is 17.9.